The molecule has 0 aliphatic carbocycles. The SMILES string of the molecule is CCOC(=O)NC(=S)N1CCCCC1C. The van der Waals surface area contributed by atoms with Crippen LogP contribution in [0.5, 0.6) is 0 Å². The van der Waals surface area contributed by atoms with Crippen LogP contribution in [0, 0.1) is 0 Å². The van der Waals surface area contributed by atoms with Crippen molar-refractivity contribution in [2.75, 3.05) is 13.2 Å². The molecule has 1 aliphatic rings. The van der Waals surface area contributed by atoms with Gasteiger partial charge in [0.2, 0.25) is 0 Å². The van der Waals surface area contributed by atoms with E-state index >= 15 is 0 Å². The number of likely N-dealkylation sites (tertiary alicyclic amines) is 1. The third-order valence-corrected chi connectivity index (χ3v) is 2.88. The van der Waals surface area contributed by atoms with Gasteiger partial charge in [-0.25, -0.2) is 4.79 Å². The Labute approximate surface area is 96.0 Å². The summed E-state index contributed by atoms with van der Waals surface area (Å²) in [6.07, 6.45) is 3.04. The van der Waals surface area contributed by atoms with Gasteiger partial charge in [0.15, 0.2) is 5.11 Å². The van der Waals surface area contributed by atoms with Crippen LogP contribution in [0.1, 0.15) is 33.1 Å². The molecule has 1 amide bonds. The van der Waals surface area contributed by atoms with Gasteiger partial charge in [0.1, 0.15) is 0 Å². The maximum atomic E-state index is 11.2. The Morgan fingerprint density at radius 3 is 2.93 bits per heavy atom. The van der Waals surface area contributed by atoms with Crippen LogP contribution in [0.4, 0.5) is 4.79 Å². The number of piperidine rings is 1. The van der Waals surface area contributed by atoms with Crippen LogP contribution >= 0.6 is 12.2 Å². The van der Waals surface area contributed by atoms with Gasteiger partial charge < -0.3 is 9.64 Å². The molecule has 15 heavy (non-hydrogen) atoms. The molecule has 5 heteroatoms. The van der Waals surface area contributed by atoms with Gasteiger partial charge >= 0.3 is 6.09 Å². The van der Waals surface area contributed by atoms with Gasteiger partial charge in [0.25, 0.3) is 0 Å². The maximum Gasteiger partial charge on any atom is 0.413 e. The number of nitrogens with one attached hydrogen (secondary N) is 1. The van der Waals surface area contributed by atoms with E-state index in [-0.39, 0.29) is 0 Å². The zero-order chi connectivity index (χ0) is 11.3. The molecule has 1 unspecified atom stereocenters. The minimum atomic E-state index is -0.458. The highest BCUT2D eigenvalue weighted by atomic mass is 32.1. The molecule has 4 nitrogen and oxygen atoms in total. The first-order chi connectivity index (χ1) is 7.15. The molecule has 0 aromatic heterocycles. The van der Waals surface area contributed by atoms with Crippen molar-refractivity contribution in [2.24, 2.45) is 0 Å². The van der Waals surface area contributed by atoms with Crippen molar-refractivity contribution in [3.63, 3.8) is 0 Å². The zero-order valence-corrected chi connectivity index (χ0v) is 10.1. The van der Waals surface area contributed by atoms with Crippen molar-refractivity contribution in [2.45, 2.75) is 39.2 Å². The molecule has 1 heterocycles. The predicted molar refractivity (Wildman–Crippen MR) is 62.8 cm³/mol. The quantitative estimate of drug-likeness (QED) is 0.698. The second kappa shape index (κ2) is 5.90. The van der Waals surface area contributed by atoms with E-state index in [4.69, 9.17) is 17.0 Å². The summed E-state index contributed by atoms with van der Waals surface area (Å²) >= 11 is 5.16. The molecule has 1 atom stereocenters. The number of ether oxygens (including phenoxy) is 1. The summed E-state index contributed by atoms with van der Waals surface area (Å²) in [6.45, 7) is 5.18. The van der Waals surface area contributed by atoms with Gasteiger partial charge in [-0.15, -0.1) is 0 Å². The average molecular weight is 230 g/mol. The second-order valence-corrected chi connectivity index (χ2v) is 4.08. The lowest BCUT2D eigenvalue weighted by Crippen LogP contribution is -2.49. The number of alkyl carbamates (subject to hydrolysis) is 1. The van der Waals surface area contributed by atoms with E-state index in [2.05, 4.69) is 17.1 Å². The third kappa shape index (κ3) is 3.66. The minimum Gasteiger partial charge on any atom is -0.450 e. The highest BCUT2D eigenvalue weighted by Gasteiger charge is 2.21. The standard InChI is InChI=1S/C10H18N2O2S/c1-3-14-10(13)11-9(15)12-7-5-4-6-8(12)2/h8H,3-7H2,1-2H3,(H,11,13,15). The summed E-state index contributed by atoms with van der Waals surface area (Å²) in [4.78, 5) is 13.2. The smallest absolute Gasteiger partial charge is 0.413 e. The Kier molecular flexibility index (Phi) is 4.81. The molecule has 0 aromatic rings. The first-order valence-electron chi connectivity index (χ1n) is 5.39. The Bertz CT molecular complexity index is 246. The average Bonchev–Trinajstić information content (AvgIpc) is 2.18. The molecule has 1 rings (SSSR count). The molecular formula is C10H18N2O2S. The number of carbonyl (C=O) groups excluding carboxylic acids is 1. The molecule has 1 saturated heterocycles. The van der Waals surface area contributed by atoms with Gasteiger partial charge in [0.05, 0.1) is 6.61 Å². The van der Waals surface area contributed by atoms with Crippen LogP contribution in [0.15, 0.2) is 0 Å². The van der Waals surface area contributed by atoms with Gasteiger partial charge in [0, 0.05) is 12.6 Å². The molecule has 0 saturated carbocycles. The lowest BCUT2D eigenvalue weighted by atomic mass is 10.0. The number of thiocarbonyl (C=S) groups is 1. The summed E-state index contributed by atoms with van der Waals surface area (Å²) in [5, 5.41) is 3.06. The molecule has 1 aliphatic heterocycles. The van der Waals surface area contributed by atoms with E-state index in [9.17, 15) is 4.79 Å². The summed E-state index contributed by atoms with van der Waals surface area (Å²) < 4.78 is 4.77. The van der Waals surface area contributed by atoms with Gasteiger partial charge in [-0.1, -0.05) is 0 Å². The van der Waals surface area contributed by atoms with Crippen molar-refractivity contribution in [3.8, 4) is 0 Å². The molecule has 0 bridgehead atoms. The molecule has 86 valence electrons. The predicted octanol–water partition coefficient (Wildman–Crippen LogP) is 1.89. The Balaban J connectivity index is 2.41. The molecule has 0 radical (unpaired) electrons. The van der Waals surface area contributed by atoms with E-state index in [0.717, 1.165) is 19.4 Å². The Morgan fingerprint density at radius 2 is 2.33 bits per heavy atom. The molecule has 1 N–H and O–H groups in total. The summed E-state index contributed by atoms with van der Waals surface area (Å²) in [6, 6.07) is 0.410. The number of hydrogen-bond acceptors (Lipinski definition) is 3. The topological polar surface area (TPSA) is 41.6 Å². The second-order valence-electron chi connectivity index (χ2n) is 3.69. The fourth-order valence-corrected chi connectivity index (χ4v) is 2.08. The lowest BCUT2D eigenvalue weighted by molar-refractivity contribution is 0.155. The maximum absolute atomic E-state index is 11.2. The van der Waals surface area contributed by atoms with Crippen molar-refractivity contribution in [1.82, 2.24) is 10.2 Å². The first kappa shape index (κ1) is 12.2. The molecule has 1 fully saturated rings. The molecule has 0 spiro atoms. The van der Waals surface area contributed by atoms with E-state index in [1.54, 1.807) is 6.92 Å². The van der Waals surface area contributed by atoms with E-state index in [1.807, 2.05) is 0 Å². The Morgan fingerprint density at radius 1 is 1.60 bits per heavy atom. The largest absolute Gasteiger partial charge is 0.450 e. The van der Waals surface area contributed by atoms with Crippen LogP contribution in [0.2, 0.25) is 0 Å². The van der Waals surface area contributed by atoms with Crippen molar-refractivity contribution in [3.05, 3.63) is 0 Å². The number of hydrogen-bond donors (Lipinski definition) is 1. The Hall–Kier alpha value is -0.840. The molecule has 0 aromatic carbocycles. The first-order valence-corrected chi connectivity index (χ1v) is 5.80. The van der Waals surface area contributed by atoms with Crippen LogP contribution in [-0.2, 0) is 4.74 Å². The van der Waals surface area contributed by atoms with Crippen LogP contribution in [0.25, 0.3) is 0 Å². The van der Waals surface area contributed by atoms with Crippen molar-refractivity contribution in [1.29, 1.82) is 0 Å². The van der Waals surface area contributed by atoms with Crippen LogP contribution < -0.4 is 5.32 Å². The van der Waals surface area contributed by atoms with Gasteiger partial charge in [-0.05, 0) is 45.3 Å². The highest BCUT2D eigenvalue weighted by Crippen LogP contribution is 2.16. The lowest BCUT2D eigenvalue weighted by Gasteiger charge is -2.35. The number of amides is 1. The monoisotopic (exact) mass is 230 g/mol. The van der Waals surface area contributed by atoms with Gasteiger partial charge in [-0.2, -0.15) is 0 Å². The highest BCUT2D eigenvalue weighted by molar-refractivity contribution is 7.80. The zero-order valence-electron chi connectivity index (χ0n) is 9.28. The normalized spacial score (nSPS) is 20.9. The number of carbonyl (C=O) groups is 1. The van der Waals surface area contributed by atoms with E-state index in [1.165, 1.54) is 6.42 Å². The summed E-state index contributed by atoms with van der Waals surface area (Å²) in [7, 11) is 0. The van der Waals surface area contributed by atoms with Crippen molar-refractivity contribution < 1.29 is 9.53 Å². The molecular weight excluding hydrogens is 212 g/mol. The van der Waals surface area contributed by atoms with Gasteiger partial charge in [-0.3, -0.25) is 5.32 Å². The summed E-state index contributed by atoms with van der Waals surface area (Å²) in [5.41, 5.74) is 0. The van der Waals surface area contributed by atoms with Crippen LogP contribution in [-0.4, -0.2) is 35.3 Å². The number of rotatable bonds is 1. The van der Waals surface area contributed by atoms with Crippen molar-refractivity contribution >= 4 is 23.4 Å². The number of nitrogens with zero attached hydrogens (tertiary/aromatic N) is 1. The van der Waals surface area contributed by atoms with Crippen LogP contribution in [0.3, 0.4) is 0 Å². The van der Waals surface area contributed by atoms with E-state index in [0.29, 0.717) is 17.8 Å². The summed E-state index contributed by atoms with van der Waals surface area (Å²) in [5.74, 6) is 0. The van der Waals surface area contributed by atoms with E-state index < -0.39 is 6.09 Å². The fraction of sp³-hybridized carbons (Fsp3) is 0.800. The fourth-order valence-electron chi connectivity index (χ4n) is 1.73. The minimum absolute atomic E-state index is 0.365. The third-order valence-electron chi connectivity index (χ3n) is 2.55.